The predicted molar refractivity (Wildman–Crippen MR) is 106 cm³/mol. The lowest BCUT2D eigenvalue weighted by Gasteiger charge is -2.27. The molecular formula is C16H18ClN3O2S3. The molecule has 1 atom stereocenters. The molecule has 134 valence electrons. The lowest BCUT2D eigenvalue weighted by molar-refractivity contribution is -0.125. The smallest absolute Gasteiger partial charge is 0.274 e. The maximum absolute atomic E-state index is 12.8. The number of thiazole rings is 1. The first kappa shape index (κ1) is 18.7. The fourth-order valence-corrected chi connectivity index (χ4v) is 5.44. The van der Waals surface area contributed by atoms with Crippen molar-refractivity contribution in [3.63, 3.8) is 0 Å². The van der Waals surface area contributed by atoms with Gasteiger partial charge >= 0.3 is 0 Å². The molecule has 0 unspecified atom stereocenters. The van der Waals surface area contributed by atoms with Gasteiger partial charge in [0.1, 0.15) is 16.7 Å². The van der Waals surface area contributed by atoms with Crippen molar-refractivity contribution in [2.75, 3.05) is 11.6 Å². The Morgan fingerprint density at radius 1 is 1.36 bits per heavy atom. The Balaban J connectivity index is 1.76. The lowest BCUT2D eigenvalue weighted by Crippen LogP contribution is -2.52. The first-order chi connectivity index (χ1) is 11.7. The highest BCUT2D eigenvalue weighted by Crippen LogP contribution is 2.33. The molecule has 2 amide bonds. The number of amides is 2. The molecule has 2 aromatic heterocycles. The zero-order chi connectivity index (χ0) is 18.2. The number of carbonyl (C=O) groups is 2. The van der Waals surface area contributed by atoms with Gasteiger partial charge in [-0.3, -0.25) is 9.59 Å². The van der Waals surface area contributed by atoms with E-state index in [9.17, 15) is 9.59 Å². The van der Waals surface area contributed by atoms with E-state index in [0.717, 1.165) is 9.88 Å². The normalized spacial score (nSPS) is 17.8. The average molecular weight is 416 g/mol. The van der Waals surface area contributed by atoms with E-state index in [1.165, 1.54) is 22.7 Å². The van der Waals surface area contributed by atoms with E-state index in [2.05, 4.69) is 10.3 Å². The molecule has 0 radical (unpaired) electrons. The number of aromatic nitrogens is 1. The summed E-state index contributed by atoms with van der Waals surface area (Å²) in [5.41, 5.74) is 0.0475. The molecule has 2 aromatic rings. The van der Waals surface area contributed by atoms with Crippen molar-refractivity contribution in [2.45, 2.75) is 32.4 Å². The quantitative estimate of drug-likeness (QED) is 0.824. The van der Waals surface area contributed by atoms with Crippen LogP contribution in [0.2, 0.25) is 4.34 Å². The van der Waals surface area contributed by atoms with E-state index in [1.807, 2.05) is 32.9 Å². The minimum Gasteiger partial charge on any atom is -0.350 e. The molecule has 1 aliphatic rings. The molecule has 0 aromatic carbocycles. The molecule has 0 spiro atoms. The highest BCUT2D eigenvalue weighted by atomic mass is 35.5. The van der Waals surface area contributed by atoms with E-state index >= 15 is 0 Å². The van der Waals surface area contributed by atoms with Crippen LogP contribution in [0.4, 0.5) is 0 Å². The first-order valence-corrected chi connectivity index (χ1v) is 10.9. The Labute approximate surface area is 163 Å². The van der Waals surface area contributed by atoms with E-state index in [-0.39, 0.29) is 17.4 Å². The number of carbonyl (C=O) groups excluding carboxylic acids is 2. The molecule has 1 aliphatic heterocycles. The van der Waals surface area contributed by atoms with E-state index in [0.29, 0.717) is 21.7 Å². The molecule has 3 heterocycles. The van der Waals surface area contributed by atoms with Crippen molar-refractivity contribution >= 4 is 57.9 Å². The third-order valence-corrected chi connectivity index (χ3v) is 6.71. The van der Waals surface area contributed by atoms with Gasteiger partial charge in [0.25, 0.3) is 5.91 Å². The fraction of sp³-hybridized carbons (Fsp3) is 0.438. The van der Waals surface area contributed by atoms with Gasteiger partial charge in [-0.2, -0.15) is 0 Å². The van der Waals surface area contributed by atoms with Gasteiger partial charge in [-0.15, -0.1) is 34.4 Å². The second kappa shape index (κ2) is 7.26. The van der Waals surface area contributed by atoms with E-state index in [1.54, 1.807) is 22.0 Å². The Morgan fingerprint density at radius 3 is 2.76 bits per heavy atom. The average Bonchev–Trinajstić information content (AvgIpc) is 3.24. The second-order valence-corrected chi connectivity index (χ2v) is 10.2. The summed E-state index contributed by atoms with van der Waals surface area (Å²) in [7, 11) is 0. The van der Waals surface area contributed by atoms with Gasteiger partial charge in [-0.25, -0.2) is 4.98 Å². The van der Waals surface area contributed by atoms with Crippen LogP contribution in [0.3, 0.4) is 0 Å². The summed E-state index contributed by atoms with van der Waals surface area (Å²) in [5.74, 6) is 0.778. The van der Waals surface area contributed by atoms with Crippen LogP contribution in [0.5, 0.6) is 0 Å². The Kier molecular flexibility index (Phi) is 5.43. The molecular weight excluding hydrogens is 398 g/mol. The van der Waals surface area contributed by atoms with Gasteiger partial charge in [0, 0.05) is 16.7 Å². The van der Waals surface area contributed by atoms with Crippen LogP contribution in [0.15, 0.2) is 17.5 Å². The zero-order valence-electron chi connectivity index (χ0n) is 14.0. The van der Waals surface area contributed by atoms with Gasteiger partial charge in [-0.1, -0.05) is 11.6 Å². The Hall–Kier alpha value is -1.09. The summed E-state index contributed by atoms with van der Waals surface area (Å²) in [6.45, 7) is 5.79. The van der Waals surface area contributed by atoms with Crippen LogP contribution in [0.25, 0.3) is 9.88 Å². The summed E-state index contributed by atoms with van der Waals surface area (Å²) in [6, 6.07) is 3.25. The lowest BCUT2D eigenvalue weighted by atomic mass is 10.1. The molecule has 1 saturated heterocycles. The molecule has 9 heteroatoms. The van der Waals surface area contributed by atoms with Crippen LogP contribution in [-0.4, -0.2) is 44.9 Å². The number of halogens is 1. The zero-order valence-corrected chi connectivity index (χ0v) is 17.2. The SMILES string of the molecule is CC(C)(C)NC(=O)[C@@H]1CSCN1C(=O)c1csc(-c2ccc(Cl)s2)n1. The maximum Gasteiger partial charge on any atom is 0.274 e. The first-order valence-electron chi connectivity index (χ1n) is 7.66. The van der Waals surface area contributed by atoms with Gasteiger partial charge in [0.05, 0.1) is 15.1 Å². The summed E-state index contributed by atoms with van der Waals surface area (Å²) >= 11 is 10.4. The third kappa shape index (κ3) is 4.36. The maximum atomic E-state index is 12.8. The number of hydrogen-bond acceptors (Lipinski definition) is 6. The number of thioether (sulfide) groups is 1. The number of nitrogens with one attached hydrogen (secondary N) is 1. The molecule has 1 fully saturated rings. The minimum atomic E-state index is -0.460. The highest BCUT2D eigenvalue weighted by Gasteiger charge is 2.37. The standard InChI is InChI=1S/C16H18ClN3O2S3/c1-16(2,3)19-13(21)10-7-23-8-20(10)15(22)9-6-24-14(18-9)11-4-5-12(17)25-11/h4-6,10H,7-8H2,1-3H3,(H,19,21)/t10-/m0/s1. The van der Waals surface area contributed by atoms with Crippen LogP contribution >= 0.6 is 46.0 Å². The van der Waals surface area contributed by atoms with Gasteiger partial charge in [0.15, 0.2) is 0 Å². The van der Waals surface area contributed by atoms with Crippen molar-refractivity contribution in [3.05, 3.63) is 27.5 Å². The van der Waals surface area contributed by atoms with Crippen molar-refractivity contribution in [2.24, 2.45) is 0 Å². The Morgan fingerprint density at radius 2 is 2.12 bits per heavy atom. The van der Waals surface area contributed by atoms with Crippen molar-refractivity contribution in [1.82, 2.24) is 15.2 Å². The van der Waals surface area contributed by atoms with E-state index < -0.39 is 6.04 Å². The van der Waals surface area contributed by atoms with Gasteiger partial charge < -0.3 is 10.2 Å². The number of hydrogen-bond donors (Lipinski definition) is 1. The van der Waals surface area contributed by atoms with Crippen LogP contribution < -0.4 is 5.32 Å². The number of nitrogens with zero attached hydrogens (tertiary/aromatic N) is 2. The second-order valence-electron chi connectivity index (χ2n) is 6.67. The molecule has 5 nitrogen and oxygen atoms in total. The molecule has 1 N–H and O–H groups in total. The van der Waals surface area contributed by atoms with Crippen molar-refractivity contribution in [1.29, 1.82) is 0 Å². The number of thiophene rings is 1. The number of rotatable bonds is 3. The Bertz CT molecular complexity index is 797. The fourth-order valence-electron chi connectivity index (χ4n) is 2.37. The third-order valence-electron chi connectivity index (χ3n) is 3.45. The molecule has 25 heavy (non-hydrogen) atoms. The van der Waals surface area contributed by atoms with Crippen LogP contribution in [-0.2, 0) is 4.79 Å². The molecule has 3 rings (SSSR count). The van der Waals surface area contributed by atoms with E-state index in [4.69, 9.17) is 11.6 Å². The summed E-state index contributed by atoms with van der Waals surface area (Å²) in [5, 5.41) is 5.46. The molecule has 0 saturated carbocycles. The molecule has 0 bridgehead atoms. The highest BCUT2D eigenvalue weighted by molar-refractivity contribution is 7.99. The molecule has 0 aliphatic carbocycles. The summed E-state index contributed by atoms with van der Waals surface area (Å²) in [6.07, 6.45) is 0. The van der Waals surface area contributed by atoms with Gasteiger partial charge in [-0.05, 0) is 32.9 Å². The largest absolute Gasteiger partial charge is 0.350 e. The summed E-state index contributed by atoms with van der Waals surface area (Å²) in [4.78, 5) is 32.3. The van der Waals surface area contributed by atoms with Crippen molar-refractivity contribution in [3.8, 4) is 9.88 Å². The predicted octanol–water partition coefficient (Wildman–Crippen LogP) is 3.95. The summed E-state index contributed by atoms with van der Waals surface area (Å²) < 4.78 is 0.688. The van der Waals surface area contributed by atoms with Gasteiger partial charge in [0.2, 0.25) is 5.91 Å². The minimum absolute atomic E-state index is 0.119. The van der Waals surface area contributed by atoms with Crippen LogP contribution in [0, 0.1) is 0 Å². The topological polar surface area (TPSA) is 62.3 Å². The monoisotopic (exact) mass is 415 g/mol. The van der Waals surface area contributed by atoms with Crippen LogP contribution in [0.1, 0.15) is 31.3 Å². The van der Waals surface area contributed by atoms with Crippen molar-refractivity contribution < 1.29 is 9.59 Å².